The van der Waals surface area contributed by atoms with Crippen LogP contribution in [0.1, 0.15) is 65.2 Å². The monoisotopic (exact) mass is 575 g/mol. The molecule has 4 rings (SSSR count). The van der Waals surface area contributed by atoms with E-state index in [1.165, 1.54) is 62.5 Å². The molecule has 0 radical (unpaired) electrons. The maximum atomic E-state index is 8.07. The SMILES string of the molecule is CC1=CC2=C(CCCC2)[CH]1[Hf]([Cl])([Cl])([CH]1C(C)=CC2=C1CCCC2)[SiH](C)C. The van der Waals surface area contributed by atoms with Gasteiger partial charge in [0.05, 0.1) is 0 Å². The van der Waals surface area contributed by atoms with Crippen LogP contribution in [0.4, 0.5) is 0 Å². The van der Waals surface area contributed by atoms with Gasteiger partial charge < -0.3 is 0 Å². The van der Waals surface area contributed by atoms with Crippen LogP contribution < -0.4 is 0 Å². The molecule has 0 fully saturated rings. The fourth-order valence-electron chi connectivity index (χ4n) is 6.53. The number of hydrogen-bond donors (Lipinski definition) is 0. The van der Waals surface area contributed by atoms with E-state index >= 15 is 0 Å². The predicted molar refractivity (Wildman–Crippen MR) is 117 cm³/mol. The predicted octanol–water partition coefficient (Wildman–Crippen LogP) is 8.21. The van der Waals surface area contributed by atoms with Gasteiger partial charge in [0.15, 0.2) is 0 Å². The molecule has 0 saturated carbocycles. The second-order valence-electron chi connectivity index (χ2n) is 9.54. The first-order valence-corrected chi connectivity index (χ1v) is 32.8. The molecular weight excluding hydrogens is 542 g/mol. The molecule has 0 aromatic rings. The molecule has 143 valence electrons. The summed E-state index contributed by atoms with van der Waals surface area (Å²) in [6.45, 7) is 9.62. The number of rotatable bonds is 3. The van der Waals surface area contributed by atoms with Gasteiger partial charge in [-0.2, -0.15) is 0 Å². The minimum atomic E-state index is -4.27. The first-order valence-electron chi connectivity index (χ1n) is 10.6. The molecular formula is C22H33Cl2HfSi. The minimum absolute atomic E-state index is 0.430. The van der Waals surface area contributed by atoms with Gasteiger partial charge in [-0.3, -0.25) is 0 Å². The molecule has 0 heterocycles. The Kier molecular flexibility index (Phi) is 5.25. The third-order valence-electron chi connectivity index (χ3n) is 7.73. The van der Waals surface area contributed by atoms with Crippen molar-refractivity contribution in [3.63, 3.8) is 0 Å². The Hall–Kier alpha value is 0.627. The molecule has 0 aromatic heterocycles. The summed E-state index contributed by atoms with van der Waals surface area (Å²) in [4.78, 5) is 0. The van der Waals surface area contributed by atoms with Crippen LogP contribution in [0.3, 0.4) is 0 Å². The number of hydrogen-bond acceptors (Lipinski definition) is 0. The van der Waals surface area contributed by atoms with Gasteiger partial charge >= 0.3 is 170 Å². The van der Waals surface area contributed by atoms with Crippen molar-refractivity contribution in [2.75, 3.05) is 0 Å². The summed E-state index contributed by atoms with van der Waals surface area (Å²) >= 11 is -4.27. The van der Waals surface area contributed by atoms with Gasteiger partial charge in [0.25, 0.3) is 0 Å². The van der Waals surface area contributed by atoms with Crippen LogP contribution in [0.2, 0.25) is 20.4 Å². The van der Waals surface area contributed by atoms with Crippen molar-refractivity contribution in [3.05, 3.63) is 45.6 Å². The van der Waals surface area contributed by atoms with E-state index in [2.05, 4.69) is 39.1 Å². The number of halogens is 2. The van der Waals surface area contributed by atoms with E-state index in [-0.39, 0.29) is 0 Å². The zero-order chi connectivity index (χ0) is 18.7. The van der Waals surface area contributed by atoms with E-state index in [0.717, 1.165) is 0 Å². The zero-order valence-corrected chi connectivity index (χ0v) is 23.1. The van der Waals surface area contributed by atoms with E-state index in [0.29, 0.717) is 7.35 Å². The van der Waals surface area contributed by atoms with E-state index in [4.69, 9.17) is 17.2 Å². The molecule has 0 bridgehead atoms. The first-order chi connectivity index (χ1) is 12.2. The maximum absolute atomic E-state index is 8.07. The van der Waals surface area contributed by atoms with Crippen molar-refractivity contribution in [1.82, 2.24) is 0 Å². The van der Waals surface area contributed by atoms with Crippen molar-refractivity contribution in [3.8, 4) is 0 Å². The van der Waals surface area contributed by atoms with Crippen LogP contribution in [0.5, 0.6) is 0 Å². The fraction of sp³-hybridized carbons (Fsp3) is 0.636. The first kappa shape index (κ1) is 19.9. The Balaban J connectivity index is 1.89. The quantitative estimate of drug-likeness (QED) is 0.298. The Labute approximate surface area is 168 Å². The van der Waals surface area contributed by atoms with Gasteiger partial charge in [-0.1, -0.05) is 0 Å². The molecule has 4 aliphatic rings. The average molecular weight is 575 g/mol. The second-order valence-corrected chi connectivity index (χ2v) is 68.8. The second kappa shape index (κ2) is 6.85. The normalized spacial score (nSPS) is 30.8. The van der Waals surface area contributed by atoms with E-state index in [1.807, 2.05) is 0 Å². The molecule has 2 atom stereocenters. The van der Waals surface area contributed by atoms with Gasteiger partial charge in [-0.25, -0.2) is 0 Å². The molecule has 0 nitrogen and oxygen atoms in total. The van der Waals surface area contributed by atoms with Gasteiger partial charge in [-0.05, 0) is 0 Å². The summed E-state index contributed by atoms with van der Waals surface area (Å²) in [7, 11) is 16.1. The third kappa shape index (κ3) is 2.76. The van der Waals surface area contributed by atoms with Crippen LogP contribution in [0.25, 0.3) is 0 Å². The van der Waals surface area contributed by atoms with E-state index in [1.54, 1.807) is 22.3 Å². The van der Waals surface area contributed by atoms with Crippen LogP contribution in [0.15, 0.2) is 45.6 Å². The average Bonchev–Trinajstić information content (AvgIpc) is 3.10. The van der Waals surface area contributed by atoms with Crippen molar-refractivity contribution in [1.29, 1.82) is 0 Å². The Morgan fingerprint density at radius 2 is 1.15 bits per heavy atom. The molecule has 4 heteroatoms. The molecule has 0 aromatic carbocycles. The topological polar surface area (TPSA) is 0 Å². The molecule has 0 amide bonds. The summed E-state index contributed by atoms with van der Waals surface area (Å²) in [5.74, 6) is -1.23. The van der Waals surface area contributed by atoms with Crippen LogP contribution >= 0.6 is 17.2 Å². The molecule has 0 N–H and O–H groups in total. The Morgan fingerprint density at radius 1 is 0.769 bits per heavy atom. The van der Waals surface area contributed by atoms with Gasteiger partial charge in [0.1, 0.15) is 0 Å². The standard InChI is InChI=1S/2C10H13.C2H7Si.2ClH.Hf/c2*1-8-6-9-4-2-3-5-10(9)7-8;1-3-2;;;/h2*6-7H,2-5H2,1H3;3H,1-2H3;2*1H;/q;;;;;+2/p-2. The molecule has 2 unspecified atom stereocenters. The van der Waals surface area contributed by atoms with Gasteiger partial charge in [-0.15, -0.1) is 0 Å². The van der Waals surface area contributed by atoms with Gasteiger partial charge in [0.2, 0.25) is 0 Å². The number of allylic oxidation sites excluding steroid dienone is 8. The summed E-state index contributed by atoms with van der Waals surface area (Å²) in [6, 6.07) is 0. The third-order valence-corrected chi connectivity index (χ3v) is 81.4. The van der Waals surface area contributed by atoms with E-state index in [9.17, 15) is 0 Å². The summed E-state index contributed by atoms with van der Waals surface area (Å²) < 4.78 is 0.860. The van der Waals surface area contributed by atoms with Crippen LogP contribution in [0, 0.1) is 0 Å². The molecule has 0 saturated heterocycles. The summed E-state index contributed by atoms with van der Waals surface area (Å²) in [6.07, 6.45) is 15.3. The van der Waals surface area contributed by atoms with Gasteiger partial charge in [0, 0.05) is 0 Å². The van der Waals surface area contributed by atoms with Crippen LogP contribution in [-0.4, -0.2) is 5.98 Å². The van der Waals surface area contributed by atoms with Crippen molar-refractivity contribution >= 4 is 23.1 Å². The Bertz CT molecular complexity index is 711. The fourth-order valence-corrected chi connectivity index (χ4v) is 55.0. The zero-order valence-electron chi connectivity index (χ0n) is 16.8. The van der Waals surface area contributed by atoms with Crippen molar-refractivity contribution < 1.29 is 15.3 Å². The molecule has 0 aliphatic heterocycles. The van der Waals surface area contributed by atoms with Crippen molar-refractivity contribution in [2.24, 2.45) is 0 Å². The summed E-state index contributed by atoms with van der Waals surface area (Å²) in [5.41, 5.74) is 9.58. The van der Waals surface area contributed by atoms with E-state index < -0.39 is 21.3 Å². The van der Waals surface area contributed by atoms with Crippen LogP contribution in [-0.2, 0) is 15.3 Å². The molecule has 0 spiro atoms. The van der Waals surface area contributed by atoms with Crippen molar-refractivity contribution in [2.45, 2.75) is 85.7 Å². The molecule has 26 heavy (non-hydrogen) atoms. The Morgan fingerprint density at radius 3 is 1.54 bits per heavy atom. The summed E-state index contributed by atoms with van der Waals surface area (Å²) in [5, 5.41) is 0. The molecule has 4 aliphatic carbocycles.